The number of nitrogens with zero attached hydrogens (tertiary/aromatic N) is 1. The van der Waals surface area contributed by atoms with Crippen molar-refractivity contribution in [1.29, 1.82) is 0 Å². The summed E-state index contributed by atoms with van der Waals surface area (Å²) in [6, 6.07) is 0. The Balaban J connectivity index is 3.69. The van der Waals surface area contributed by atoms with Crippen LogP contribution in [0.4, 0.5) is 4.79 Å². The first-order valence-corrected chi connectivity index (χ1v) is 6.29. The van der Waals surface area contributed by atoms with Gasteiger partial charge in [-0.25, -0.2) is 4.79 Å². The van der Waals surface area contributed by atoms with E-state index in [9.17, 15) is 9.36 Å². The maximum atomic E-state index is 10.8. The second-order valence-electron chi connectivity index (χ2n) is 2.72. The zero-order valence-electron chi connectivity index (χ0n) is 8.13. The number of ether oxygens (including phenoxy) is 1. The molecule has 0 aliphatic carbocycles. The number of hydrogen-bond acceptors (Lipinski definition) is 5. The fourth-order valence-electron chi connectivity index (χ4n) is 0.626. The molecule has 3 N–H and O–H groups in total. The van der Waals surface area contributed by atoms with Crippen LogP contribution in [-0.2, 0) is 9.30 Å². The second kappa shape index (κ2) is 5.98. The van der Waals surface area contributed by atoms with Gasteiger partial charge in [0.2, 0.25) is 7.37 Å². The van der Waals surface area contributed by atoms with E-state index >= 15 is 0 Å². The monoisotopic (exact) mass is 226 g/mol. The first-order chi connectivity index (χ1) is 6.37. The quantitative estimate of drug-likeness (QED) is 0.269. The zero-order valence-corrected chi connectivity index (χ0v) is 9.03. The molecule has 0 heterocycles. The van der Waals surface area contributed by atoms with E-state index in [0.29, 0.717) is 5.06 Å². The van der Waals surface area contributed by atoms with E-state index in [0.717, 1.165) is 0 Å². The molecule has 0 radical (unpaired) electrons. The van der Waals surface area contributed by atoms with Gasteiger partial charge in [0.15, 0.2) is 0 Å². The van der Waals surface area contributed by atoms with Gasteiger partial charge in [-0.3, -0.25) is 15.1 Å². The minimum atomic E-state index is -3.17. The van der Waals surface area contributed by atoms with E-state index in [2.05, 4.69) is 10.1 Å². The molecule has 0 bridgehead atoms. The molecule has 84 valence electrons. The van der Waals surface area contributed by atoms with Gasteiger partial charge in [-0.2, -0.15) is 5.06 Å². The van der Waals surface area contributed by atoms with E-state index in [1.54, 1.807) is 6.92 Å². The molecule has 1 atom stereocenters. The lowest BCUT2D eigenvalue weighted by molar-refractivity contribution is -0.0772. The molecule has 0 aromatic carbocycles. The fourth-order valence-corrected chi connectivity index (χ4v) is 1.14. The highest BCUT2D eigenvalue weighted by molar-refractivity contribution is 7.57. The summed E-state index contributed by atoms with van der Waals surface area (Å²) < 4.78 is 15.2. The largest absolute Gasteiger partial charge is 0.448 e. The van der Waals surface area contributed by atoms with Gasteiger partial charge >= 0.3 is 6.09 Å². The molecule has 7 nitrogen and oxygen atoms in total. The summed E-state index contributed by atoms with van der Waals surface area (Å²) in [6.07, 6.45) is -1.08. The van der Waals surface area contributed by atoms with Gasteiger partial charge in [-0.1, -0.05) is 0 Å². The summed E-state index contributed by atoms with van der Waals surface area (Å²) >= 11 is 0. The van der Waals surface area contributed by atoms with Crippen molar-refractivity contribution in [2.45, 2.75) is 6.92 Å². The average Bonchev–Trinajstić information content (AvgIpc) is 2.02. The Morgan fingerprint density at radius 3 is 2.64 bits per heavy atom. The van der Waals surface area contributed by atoms with Crippen molar-refractivity contribution in [1.82, 2.24) is 10.4 Å². The Morgan fingerprint density at radius 1 is 1.64 bits per heavy atom. The SMILES string of the molecule is CCOC(=O)N(O)CNCP(C)(=O)O. The summed E-state index contributed by atoms with van der Waals surface area (Å²) in [4.78, 5) is 19.6. The fraction of sp³-hybridized carbons (Fsp3) is 0.833. The molecular weight excluding hydrogens is 211 g/mol. The van der Waals surface area contributed by atoms with Crippen LogP contribution in [0.1, 0.15) is 6.92 Å². The summed E-state index contributed by atoms with van der Waals surface area (Å²) in [6.45, 7) is 2.68. The predicted octanol–water partition coefficient (Wildman–Crippen LogP) is 0.239. The molecule has 14 heavy (non-hydrogen) atoms. The van der Waals surface area contributed by atoms with Crippen molar-refractivity contribution < 1.29 is 24.2 Å². The standard InChI is InChI=1S/C6H15N2O5P/c1-3-13-6(9)8(10)4-7-5-14(2,11)12/h7,10H,3-5H2,1-2H3,(H,11,12). The van der Waals surface area contributed by atoms with Crippen molar-refractivity contribution in [2.24, 2.45) is 0 Å². The lowest BCUT2D eigenvalue weighted by Gasteiger charge is -2.15. The van der Waals surface area contributed by atoms with Crippen LogP contribution < -0.4 is 5.32 Å². The Bertz CT molecular complexity index is 228. The smallest absolute Gasteiger partial charge is 0.434 e. The van der Waals surface area contributed by atoms with Crippen molar-refractivity contribution in [3.05, 3.63) is 0 Å². The molecular formula is C6H15N2O5P. The highest BCUT2D eigenvalue weighted by atomic mass is 31.2. The highest BCUT2D eigenvalue weighted by Crippen LogP contribution is 2.32. The third-order valence-corrected chi connectivity index (χ3v) is 1.96. The van der Waals surface area contributed by atoms with E-state index in [1.165, 1.54) is 6.66 Å². The number of rotatable bonds is 5. The zero-order chi connectivity index (χ0) is 11.2. The Morgan fingerprint density at radius 2 is 2.21 bits per heavy atom. The maximum absolute atomic E-state index is 10.8. The summed E-state index contributed by atoms with van der Waals surface area (Å²) in [5, 5.41) is 11.7. The van der Waals surface area contributed by atoms with E-state index in [1.807, 2.05) is 0 Å². The molecule has 0 saturated carbocycles. The molecule has 1 amide bonds. The number of amides is 1. The van der Waals surface area contributed by atoms with Gasteiger partial charge in [-0.05, 0) is 6.92 Å². The lowest BCUT2D eigenvalue weighted by atomic mass is 10.8. The molecule has 0 aromatic heterocycles. The molecule has 0 rings (SSSR count). The van der Waals surface area contributed by atoms with Crippen LogP contribution in [0.15, 0.2) is 0 Å². The second-order valence-corrected chi connectivity index (χ2v) is 5.13. The highest BCUT2D eigenvalue weighted by Gasteiger charge is 2.13. The number of carbonyl (C=O) groups is 1. The number of nitrogens with one attached hydrogen (secondary N) is 1. The number of hydrogen-bond donors (Lipinski definition) is 3. The molecule has 0 saturated heterocycles. The summed E-state index contributed by atoms with van der Waals surface area (Å²) in [5.41, 5.74) is 0. The Hall–Kier alpha value is -0.620. The van der Waals surface area contributed by atoms with Crippen LogP contribution in [0.25, 0.3) is 0 Å². The molecule has 8 heteroatoms. The Labute approximate surface area is 82.1 Å². The molecule has 0 aliphatic rings. The molecule has 0 spiro atoms. The minimum absolute atomic E-state index is 0.155. The third kappa shape index (κ3) is 6.85. The Kier molecular flexibility index (Phi) is 5.71. The van der Waals surface area contributed by atoms with Gasteiger partial charge in [0.25, 0.3) is 0 Å². The summed E-state index contributed by atoms with van der Waals surface area (Å²) in [7, 11) is -3.17. The van der Waals surface area contributed by atoms with Crippen LogP contribution in [0.2, 0.25) is 0 Å². The molecule has 0 aliphatic heterocycles. The van der Waals surface area contributed by atoms with Crippen LogP contribution in [0.3, 0.4) is 0 Å². The lowest BCUT2D eigenvalue weighted by Crippen LogP contribution is -2.37. The van der Waals surface area contributed by atoms with Crippen LogP contribution >= 0.6 is 7.37 Å². The molecule has 0 aromatic rings. The average molecular weight is 226 g/mol. The topological polar surface area (TPSA) is 99.1 Å². The first-order valence-electron chi connectivity index (χ1n) is 4.00. The van der Waals surface area contributed by atoms with Gasteiger partial charge in [0.05, 0.1) is 12.9 Å². The number of carbonyl (C=O) groups excluding carboxylic acids is 1. The first kappa shape index (κ1) is 13.4. The third-order valence-electron chi connectivity index (χ3n) is 1.15. The van der Waals surface area contributed by atoms with Gasteiger partial charge in [-0.15, -0.1) is 0 Å². The van der Waals surface area contributed by atoms with Crippen molar-refractivity contribution in [2.75, 3.05) is 26.2 Å². The summed E-state index contributed by atoms with van der Waals surface area (Å²) in [5.74, 6) is 0. The van der Waals surface area contributed by atoms with Crippen molar-refractivity contribution in [3.8, 4) is 0 Å². The van der Waals surface area contributed by atoms with E-state index in [-0.39, 0.29) is 19.6 Å². The van der Waals surface area contributed by atoms with Gasteiger partial charge in [0, 0.05) is 6.66 Å². The normalized spacial score (nSPS) is 14.6. The van der Waals surface area contributed by atoms with Crippen LogP contribution in [-0.4, -0.2) is 47.5 Å². The van der Waals surface area contributed by atoms with Crippen LogP contribution in [0, 0.1) is 0 Å². The molecule has 0 fully saturated rings. The number of hydroxylamine groups is 2. The van der Waals surface area contributed by atoms with Crippen molar-refractivity contribution >= 4 is 13.5 Å². The van der Waals surface area contributed by atoms with Gasteiger partial charge < -0.3 is 9.63 Å². The van der Waals surface area contributed by atoms with Gasteiger partial charge in [0.1, 0.15) is 6.67 Å². The van der Waals surface area contributed by atoms with E-state index < -0.39 is 13.5 Å². The predicted molar refractivity (Wildman–Crippen MR) is 49.3 cm³/mol. The minimum Gasteiger partial charge on any atom is -0.448 e. The van der Waals surface area contributed by atoms with Crippen molar-refractivity contribution in [3.63, 3.8) is 0 Å². The van der Waals surface area contributed by atoms with Crippen LogP contribution in [0.5, 0.6) is 0 Å². The molecule has 1 unspecified atom stereocenters. The van der Waals surface area contributed by atoms with E-state index in [4.69, 9.17) is 10.1 Å². The maximum Gasteiger partial charge on any atom is 0.434 e.